The molecular weight excluding hydrogens is 263 g/mol. The number of primary amides is 1. The van der Waals surface area contributed by atoms with Gasteiger partial charge in [-0.2, -0.15) is 0 Å². The van der Waals surface area contributed by atoms with Crippen molar-refractivity contribution < 1.29 is 23.9 Å². The number of halogens is 1. The van der Waals surface area contributed by atoms with Gasteiger partial charge in [-0.1, -0.05) is 0 Å². The topological polar surface area (TPSA) is 109 Å². The first-order valence-corrected chi connectivity index (χ1v) is 5.63. The van der Waals surface area contributed by atoms with E-state index in [0.29, 0.717) is 0 Å². The van der Waals surface area contributed by atoms with E-state index in [4.69, 9.17) is 10.8 Å². The number of carbonyl (C=O) groups excluding carboxylic acids is 2. The first kappa shape index (κ1) is 14.0. The molecule has 4 N–H and O–H groups in total. The Balaban J connectivity index is 2.72. The predicted octanol–water partition coefficient (Wildman–Crippen LogP) is 0.811. The van der Waals surface area contributed by atoms with E-state index in [1.54, 1.807) is 0 Å². The molecule has 1 aromatic carbocycles. The standard InChI is InChI=1S/C10H9FN2O4S/c11-6-2-1-5(9(15)16)3-7(6)18-4-8(14)13-10(12)17/h1-3H,4H2,(H,15,16)(H3,12,13,14,17). The summed E-state index contributed by atoms with van der Waals surface area (Å²) < 4.78 is 13.3. The zero-order valence-corrected chi connectivity index (χ0v) is 9.79. The highest BCUT2D eigenvalue weighted by atomic mass is 32.2. The molecule has 0 fully saturated rings. The third-order valence-electron chi connectivity index (χ3n) is 1.80. The second-order valence-corrected chi connectivity index (χ2v) is 4.17. The van der Waals surface area contributed by atoms with Crippen molar-refractivity contribution in [3.63, 3.8) is 0 Å². The van der Waals surface area contributed by atoms with E-state index in [-0.39, 0.29) is 16.2 Å². The zero-order chi connectivity index (χ0) is 13.7. The van der Waals surface area contributed by atoms with Crippen LogP contribution in [0.2, 0.25) is 0 Å². The third kappa shape index (κ3) is 4.06. The molecule has 1 rings (SSSR count). The van der Waals surface area contributed by atoms with E-state index in [0.717, 1.165) is 30.0 Å². The molecule has 0 aliphatic heterocycles. The van der Waals surface area contributed by atoms with Gasteiger partial charge < -0.3 is 10.8 Å². The van der Waals surface area contributed by atoms with Gasteiger partial charge >= 0.3 is 12.0 Å². The van der Waals surface area contributed by atoms with E-state index in [1.165, 1.54) is 0 Å². The molecule has 0 bridgehead atoms. The van der Waals surface area contributed by atoms with Crippen LogP contribution in [-0.4, -0.2) is 28.8 Å². The number of benzene rings is 1. The Bertz CT molecular complexity index is 507. The number of aromatic carboxylic acids is 1. The predicted molar refractivity (Wildman–Crippen MR) is 61.8 cm³/mol. The molecular formula is C10H9FN2O4S. The van der Waals surface area contributed by atoms with Crippen molar-refractivity contribution >= 4 is 29.7 Å². The molecule has 0 saturated carbocycles. The molecule has 0 radical (unpaired) electrons. The van der Waals surface area contributed by atoms with Crippen molar-refractivity contribution in [2.75, 3.05) is 5.75 Å². The average Bonchev–Trinajstić information content (AvgIpc) is 2.26. The Hall–Kier alpha value is -2.09. The number of amides is 3. The van der Waals surface area contributed by atoms with Crippen LogP contribution in [0.3, 0.4) is 0 Å². The highest BCUT2D eigenvalue weighted by Gasteiger charge is 2.11. The molecule has 18 heavy (non-hydrogen) atoms. The van der Waals surface area contributed by atoms with Crippen LogP contribution in [-0.2, 0) is 4.79 Å². The van der Waals surface area contributed by atoms with Crippen LogP contribution in [0.1, 0.15) is 10.4 Å². The van der Waals surface area contributed by atoms with Crippen molar-refractivity contribution in [3.8, 4) is 0 Å². The number of hydrogen-bond acceptors (Lipinski definition) is 4. The molecule has 0 saturated heterocycles. The average molecular weight is 272 g/mol. The highest BCUT2D eigenvalue weighted by Crippen LogP contribution is 2.22. The molecule has 0 spiro atoms. The summed E-state index contributed by atoms with van der Waals surface area (Å²) in [6, 6.07) is 2.23. The number of carboxylic acid groups (broad SMARTS) is 1. The second-order valence-electron chi connectivity index (χ2n) is 3.15. The lowest BCUT2D eigenvalue weighted by Crippen LogP contribution is -2.36. The van der Waals surface area contributed by atoms with Gasteiger partial charge in [0.1, 0.15) is 5.82 Å². The van der Waals surface area contributed by atoms with Crippen molar-refractivity contribution in [2.24, 2.45) is 5.73 Å². The summed E-state index contributed by atoms with van der Waals surface area (Å²) in [5, 5.41) is 10.5. The Morgan fingerprint density at radius 1 is 1.39 bits per heavy atom. The lowest BCUT2D eigenvalue weighted by atomic mass is 10.2. The number of thioether (sulfide) groups is 1. The van der Waals surface area contributed by atoms with Crippen LogP contribution in [0, 0.1) is 5.82 Å². The van der Waals surface area contributed by atoms with E-state index >= 15 is 0 Å². The molecule has 0 aromatic heterocycles. The number of nitrogens with one attached hydrogen (secondary N) is 1. The summed E-state index contributed by atoms with van der Waals surface area (Å²) >= 11 is 0.771. The molecule has 0 aliphatic rings. The van der Waals surface area contributed by atoms with Crippen molar-refractivity contribution in [2.45, 2.75) is 4.90 Å². The van der Waals surface area contributed by atoms with Crippen molar-refractivity contribution in [1.29, 1.82) is 0 Å². The fourth-order valence-electron chi connectivity index (χ4n) is 1.06. The minimum Gasteiger partial charge on any atom is -0.478 e. The van der Waals surface area contributed by atoms with Gasteiger partial charge in [-0.15, -0.1) is 11.8 Å². The summed E-state index contributed by atoms with van der Waals surface area (Å²) in [7, 11) is 0. The first-order chi connectivity index (χ1) is 8.40. The molecule has 0 unspecified atom stereocenters. The van der Waals surface area contributed by atoms with Crippen LogP contribution >= 0.6 is 11.8 Å². The number of carbonyl (C=O) groups is 3. The Morgan fingerprint density at radius 3 is 2.61 bits per heavy atom. The quantitative estimate of drug-likeness (QED) is 0.703. The maximum Gasteiger partial charge on any atom is 0.335 e. The van der Waals surface area contributed by atoms with Crippen molar-refractivity contribution in [1.82, 2.24) is 5.32 Å². The summed E-state index contributed by atoms with van der Waals surface area (Å²) in [5.74, 6) is -2.77. The monoisotopic (exact) mass is 272 g/mol. The lowest BCUT2D eigenvalue weighted by molar-refractivity contribution is -0.117. The van der Waals surface area contributed by atoms with Crippen molar-refractivity contribution in [3.05, 3.63) is 29.6 Å². The summed E-state index contributed by atoms with van der Waals surface area (Å²) in [6.07, 6.45) is 0. The molecule has 0 heterocycles. The normalized spacial score (nSPS) is 9.83. The number of rotatable bonds is 4. The van der Waals surface area contributed by atoms with Crippen LogP contribution in [0.25, 0.3) is 0 Å². The SMILES string of the molecule is NC(=O)NC(=O)CSc1cc(C(=O)O)ccc1F. The van der Waals surface area contributed by atoms with Crippen LogP contribution < -0.4 is 11.1 Å². The molecule has 3 amide bonds. The van der Waals surface area contributed by atoms with Gasteiger partial charge in [0, 0.05) is 4.90 Å². The Morgan fingerprint density at radius 2 is 2.06 bits per heavy atom. The largest absolute Gasteiger partial charge is 0.478 e. The van der Waals surface area contributed by atoms with E-state index in [9.17, 15) is 18.8 Å². The maximum atomic E-state index is 13.3. The fraction of sp³-hybridized carbons (Fsp3) is 0.100. The van der Waals surface area contributed by atoms with Gasteiger partial charge in [-0.3, -0.25) is 10.1 Å². The Labute approximate surface area is 105 Å². The van der Waals surface area contributed by atoms with E-state index < -0.39 is 23.7 Å². The first-order valence-electron chi connectivity index (χ1n) is 4.65. The molecule has 8 heteroatoms. The molecule has 96 valence electrons. The smallest absolute Gasteiger partial charge is 0.335 e. The minimum absolute atomic E-state index is 0.00882. The fourth-order valence-corrected chi connectivity index (χ4v) is 1.84. The van der Waals surface area contributed by atoms with Crippen LogP contribution in [0.15, 0.2) is 23.1 Å². The summed E-state index contributed by atoms with van der Waals surface area (Å²) in [4.78, 5) is 32.1. The highest BCUT2D eigenvalue weighted by molar-refractivity contribution is 8.00. The van der Waals surface area contributed by atoms with Gasteiger partial charge in [-0.05, 0) is 18.2 Å². The second kappa shape index (κ2) is 6.01. The minimum atomic E-state index is -1.20. The number of nitrogens with two attached hydrogens (primary N) is 1. The number of urea groups is 1. The zero-order valence-electron chi connectivity index (χ0n) is 8.97. The summed E-state index contributed by atoms with van der Waals surface area (Å²) in [5.41, 5.74) is 4.64. The summed E-state index contributed by atoms with van der Waals surface area (Å²) in [6.45, 7) is 0. The molecule has 1 aromatic rings. The maximum absolute atomic E-state index is 13.3. The number of carboxylic acids is 1. The van der Waals surface area contributed by atoms with E-state index in [1.807, 2.05) is 5.32 Å². The van der Waals surface area contributed by atoms with E-state index in [2.05, 4.69) is 0 Å². The molecule has 0 aliphatic carbocycles. The molecule has 6 nitrogen and oxygen atoms in total. The van der Waals surface area contributed by atoms with Gasteiger partial charge in [0.2, 0.25) is 5.91 Å². The number of hydrogen-bond donors (Lipinski definition) is 3. The van der Waals surface area contributed by atoms with Gasteiger partial charge in [0.15, 0.2) is 0 Å². The number of imide groups is 1. The molecule has 0 atom stereocenters. The van der Waals surface area contributed by atoms with Gasteiger partial charge in [-0.25, -0.2) is 14.0 Å². The van der Waals surface area contributed by atoms with Gasteiger partial charge in [0.25, 0.3) is 0 Å². The Kier molecular flexibility index (Phi) is 4.67. The van der Waals surface area contributed by atoms with Crippen LogP contribution in [0.5, 0.6) is 0 Å². The lowest BCUT2D eigenvalue weighted by Gasteiger charge is -2.04. The third-order valence-corrected chi connectivity index (χ3v) is 2.83. The van der Waals surface area contributed by atoms with Gasteiger partial charge in [0.05, 0.1) is 11.3 Å². The van der Waals surface area contributed by atoms with Crippen LogP contribution in [0.4, 0.5) is 9.18 Å².